The number of halogens is 2. The van der Waals surface area contributed by atoms with E-state index in [-0.39, 0.29) is 5.95 Å². The molecule has 76 valence electrons. The van der Waals surface area contributed by atoms with E-state index >= 15 is 0 Å². The van der Waals surface area contributed by atoms with Gasteiger partial charge in [-0.05, 0) is 19.3 Å². The molecule has 1 aromatic rings. The SMILES string of the molecule is Fc1cc(F)nc(N2CCCCC2)n1. The molecule has 1 aromatic heterocycles. The molecule has 2 rings (SSSR count). The summed E-state index contributed by atoms with van der Waals surface area (Å²) >= 11 is 0. The van der Waals surface area contributed by atoms with Gasteiger partial charge in [-0.2, -0.15) is 18.7 Å². The van der Waals surface area contributed by atoms with Crippen molar-refractivity contribution in [2.24, 2.45) is 0 Å². The monoisotopic (exact) mass is 199 g/mol. The second-order valence-corrected chi connectivity index (χ2v) is 3.36. The minimum atomic E-state index is -0.807. The third kappa shape index (κ3) is 1.97. The fourth-order valence-electron chi connectivity index (χ4n) is 1.61. The Morgan fingerprint density at radius 2 is 1.57 bits per heavy atom. The molecule has 0 unspecified atom stereocenters. The Kier molecular flexibility index (Phi) is 2.56. The zero-order valence-corrected chi connectivity index (χ0v) is 7.71. The fourth-order valence-corrected chi connectivity index (χ4v) is 1.61. The van der Waals surface area contributed by atoms with Crippen LogP contribution in [0.15, 0.2) is 6.07 Å². The van der Waals surface area contributed by atoms with E-state index in [0.717, 1.165) is 32.4 Å². The minimum absolute atomic E-state index is 0.169. The highest BCUT2D eigenvalue weighted by Gasteiger charge is 2.15. The average Bonchev–Trinajstić information content (AvgIpc) is 2.18. The lowest BCUT2D eigenvalue weighted by atomic mass is 10.1. The first-order chi connectivity index (χ1) is 6.75. The first-order valence-corrected chi connectivity index (χ1v) is 4.71. The molecule has 5 heteroatoms. The quantitative estimate of drug-likeness (QED) is 0.645. The van der Waals surface area contributed by atoms with Crippen LogP contribution < -0.4 is 4.90 Å². The minimum Gasteiger partial charge on any atom is -0.341 e. The zero-order valence-electron chi connectivity index (χ0n) is 7.71. The Morgan fingerprint density at radius 3 is 2.14 bits per heavy atom. The van der Waals surface area contributed by atoms with Gasteiger partial charge in [0.1, 0.15) is 0 Å². The first kappa shape index (κ1) is 9.30. The average molecular weight is 199 g/mol. The number of piperidine rings is 1. The molecule has 3 nitrogen and oxygen atoms in total. The molecule has 14 heavy (non-hydrogen) atoms. The molecule has 2 heterocycles. The third-order valence-corrected chi connectivity index (χ3v) is 2.29. The summed E-state index contributed by atoms with van der Waals surface area (Å²) in [6.07, 6.45) is 3.22. The number of hydrogen-bond donors (Lipinski definition) is 0. The van der Waals surface area contributed by atoms with Crippen molar-refractivity contribution in [1.82, 2.24) is 9.97 Å². The summed E-state index contributed by atoms with van der Waals surface area (Å²) in [7, 11) is 0. The van der Waals surface area contributed by atoms with Gasteiger partial charge in [-0.25, -0.2) is 0 Å². The predicted molar refractivity (Wildman–Crippen MR) is 48.0 cm³/mol. The van der Waals surface area contributed by atoms with E-state index in [1.165, 1.54) is 0 Å². The maximum Gasteiger partial charge on any atom is 0.230 e. The van der Waals surface area contributed by atoms with Gasteiger partial charge in [-0.15, -0.1) is 0 Å². The summed E-state index contributed by atoms with van der Waals surface area (Å²) in [5, 5.41) is 0. The summed E-state index contributed by atoms with van der Waals surface area (Å²) in [5.74, 6) is -1.45. The molecule has 0 saturated carbocycles. The summed E-state index contributed by atoms with van der Waals surface area (Å²) in [6, 6.07) is 0.688. The van der Waals surface area contributed by atoms with Gasteiger partial charge in [-0.3, -0.25) is 0 Å². The standard InChI is InChI=1S/C9H11F2N3/c10-7-6-8(11)13-9(12-7)14-4-2-1-3-5-14/h6H,1-5H2. The molecule has 0 atom stereocenters. The molecule has 1 saturated heterocycles. The number of aromatic nitrogens is 2. The van der Waals surface area contributed by atoms with E-state index in [9.17, 15) is 8.78 Å². The van der Waals surface area contributed by atoms with E-state index in [2.05, 4.69) is 9.97 Å². The third-order valence-electron chi connectivity index (χ3n) is 2.29. The maximum absolute atomic E-state index is 12.8. The molecule has 0 amide bonds. The zero-order chi connectivity index (χ0) is 9.97. The van der Waals surface area contributed by atoms with Crippen molar-refractivity contribution in [2.45, 2.75) is 19.3 Å². The van der Waals surface area contributed by atoms with Crippen LogP contribution in [-0.4, -0.2) is 23.1 Å². The Balaban J connectivity index is 2.21. The van der Waals surface area contributed by atoms with Crippen LogP contribution in [0.5, 0.6) is 0 Å². The van der Waals surface area contributed by atoms with E-state index in [1.807, 2.05) is 4.90 Å². The number of nitrogens with zero attached hydrogens (tertiary/aromatic N) is 3. The lowest BCUT2D eigenvalue weighted by molar-refractivity contribution is 0.507. The first-order valence-electron chi connectivity index (χ1n) is 4.71. The van der Waals surface area contributed by atoms with Crippen LogP contribution in [0.1, 0.15) is 19.3 Å². The highest BCUT2D eigenvalue weighted by Crippen LogP contribution is 2.15. The molecule has 1 aliphatic heterocycles. The van der Waals surface area contributed by atoms with Gasteiger partial charge in [0.25, 0.3) is 0 Å². The highest BCUT2D eigenvalue weighted by molar-refractivity contribution is 5.29. The Labute approximate surface area is 80.8 Å². The molecule has 1 fully saturated rings. The van der Waals surface area contributed by atoms with Crippen LogP contribution in [0.25, 0.3) is 0 Å². The van der Waals surface area contributed by atoms with Gasteiger partial charge < -0.3 is 4.90 Å². The van der Waals surface area contributed by atoms with E-state index in [0.29, 0.717) is 6.07 Å². The van der Waals surface area contributed by atoms with Gasteiger partial charge in [0.15, 0.2) is 0 Å². The Hall–Kier alpha value is -1.26. The molecule has 0 spiro atoms. The Morgan fingerprint density at radius 1 is 1.00 bits per heavy atom. The molecule has 0 radical (unpaired) electrons. The number of rotatable bonds is 1. The van der Waals surface area contributed by atoms with Gasteiger partial charge in [0.05, 0.1) is 0 Å². The molecule has 0 bridgehead atoms. The smallest absolute Gasteiger partial charge is 0.230 e. The summed E-state index contributed by atoms with van der Waals surface area (Å²) in [4.78, 5) is 8.95. The number of anilines is 1. The van der Waals surface area contributed by atoms with Crippen molar-refractivity contribution in [1.29, 1.82) is 0 Å². The molecule has 0 aromatic carbocycles. The highest BCUT2D eigenvalue weighted by atomic mass is 19.1. The van der Waals surface area contributed by atoms with Crippen LogP contribution in [0.3, 0.4) is 0 Å². The fraction of sp³-hybridized carbons (Fsp3) is 0.556. The normalized spacial score (nSPS) is 17.1. The van der Waals surface area contributed by atoms with Crippen LogP contribution in [0.2, 0.25) is 0 Å². The lowest BCUT2D eigenvalue weighted by Crippen LogP contribution is -2.31. The van der Waals surface area contributed by atoms with Crippen molar-refractivity contribution >= 4 is 5.95 Å². The van der Waals surface area contributed by atoms with Crippen molar-refractivity contribution in [3.63, 3.8) is 0 Å². The van der Waals surface area contributed by atoms with E-state index in [4.69, 9.17) is 0 Å². The molecule has 0 N–H and O–H groups in total. The summed E-state index contributed by atoms with van der Waals surface area (Å²) in [5.41, 5.74) is 0. The van der Waals surface area contributed by atoms with Crippen LogP contribution in [-0.2, 0) is 0 Å². The lowest BCUT2D eigenvalue weighted by Gasteiger charge is -2.26. The summed E-state index contributed by atoms with van der Waals surface area (Å²) in [6.45, 7) is 1.56. The number of hydrogen-bond acceptors (Lipinski definition) is 3. The second-order valence-electron chi connectivity index (χ2n) is 3.36. The Bertz CT molecular complexity index is 304. The van der Waals surface area contributed by atoms with Crippen molar-refractivity contribution < 1.29 is 8.78 Å². The van der Waals surface area contributed by atoms with Crippen LogP contribution in [0, 0.1) is 11.9 Å². The maximum atomic E-state index is 12.8. The van der Waals surface area contributed by atoms with Gasteiger partial charge in [0, 0.05) is 19.2 Å². The van der Waals surface area contributed by atoms with Crippen molar-refractivity contribution in [3.8, 4) is 0 Å². The van der Waals surface area contributed by atoms with Gasteiger partial charge in [-0.1, -0.05) is 0 Å². The van der Waals surface area contributed by atoms with Gasteiger partial charge in [0.2, 0.25) is 17.8 Å². The van der Waals surface area contributed by atoms with Crippen LogP contribution in [0.4, 0.5) is 14.7 Å². The summed E-state index contributed by atoms with van der Waals surface area (Å²) < 4.78 is 25.5. The molecular formula is C9H11F2N3. The van der Waals surface area contributed by atoms with Gasteiger partial charge >= 0.3 is 0 Å². The van der Waals surface area contributed by atoms with E-state index in [1.54, 1.807) is 0 Å². The topological polar surface area (TPSA) is 29.0 Å². The molecule has 0 aliphatic carbocycles. The van der Waals surface area contributed by atoms with E-state index < -0.39 is 11.9 Å². The van der Waals surface area contributed by atoms with Crippen molar-refractivity contribution in [3.05, 3.63) is 18.0 Å². The largest absolute Gasteiger partial charge is 0.341 e. The molecular weight excluding hydrogens is 188 g/mol. The second kappa shape index (κ2) is 3.86. The van der Waals surface area contributed by atoms with Crippen molar-refractivity contribution in [2.75, 3.05) is 18.0 Å². The van der Waals surface area contributed by atoms with Crippen LogP contribution >= 0.6 is 0 Å². The predicted octanol–water partition coefficient (Wildman–Crippen LogP) is 1.75. The molecule has 1 aliphatic rings.